The Morgan fingerprint density at radius 3 is 2.50 bits per heavy atom. The second-order valence-corrected chi connectivity index (χ2v) is 6.05. The molecular weight excluding hydrogens is 364 g/mol. The van der Waals surface area contributed by atoms with Crippen molar-refractivity contribution in [2.24, 2.45) is 0 Å². The second-order valence-electron chi connectivity index (χ2n) is 4.99. The number of nitrogens with zero attached hydrogens (tertiary/aromatic N) is 4. The molecule has 1 heterocycles. The van der Waals surface area contributed by atoms with Crippen LogP contribution in [-0.2, 0) is 4.79 Å². The summed E-state index contributed by atoms with van der Waals surface area (Å²) in [6.45, 7) is -0.183. The summed E-state index contributed by atoms with van der Waals surface area (Å²) in [4.78, 5) is 12.3. The van der Waals surface area contributed by atoms with Crippen LogP contribution < -0.4 is 10.1 Å². The molecule has 0 bridgehead atoms. The monoisotopic (exact) mass is 377 g/mol. The van der Waals surface area contributed by atoms with Crippen molar-refractivity contribution < 1.29 is 18.3 Å². The van der Waals surface area contributed by atoms with Gasteiger partial charge in [0.25, 0.3) is 11.7 Å². The average molecular weight is 377 g/mol. The van der Waals surface area contributed by atoms with Gasteiger partial charge < -0.3 is 10.1 Å². The zero-order chi connectivity index (χ0) is 18.4. The van der Waals surface area contributed by atoms with Gasteiger partial charge in [-0.2, -0.15) is 8.78 Å². The summed E-state index contributed by atoms with van der Waals surface area (Å²) in [5, 5.41) is 13.5. The quantitative estimate of drug-likeness (QED) is 0.638. The number of halogens is 2. The number of benzene rings is 2. The molecule has 0 radical (unpaired) electrons. The van der Waals surface area contributed by atoms with E-state index in [1.54, 1.807) is 36.4 Å². The highest BCUT2D eigenvalue weighted by Crippen LogP contribution is 2.26. The first-order valence-electron chi connectivity index (χ1n) is 7.41. The third-order valence-corrected chi connectivity index (χ3v) is 3.91. The van der Waals surface area contributed by atoms with E-state index in [0.717, 1.165) is 5.69 Å². The number of aromatic nitrogens is 4. The number of amides is 1. The Labute approximate surface area is 151 Å². The Bertz CT molecular complexity index is 842. The van der Waals surface area contributed by atoms with Gasteiger partial charge in [-0.05, 0) is 59.0 Å². The lowest BCUT2D eigenvalue weighted by Gasteiger charge is -2.09. The Hall–Kier alpha value is -3.01. The zero-order valence-corrected chi connectivity index (χ0v) is 14.1. The normalized spacial score (nSPS) is 10.7. The lowest BCUT2D eigenvalue weighted by molar-refractivity contribution is -0.118. The number of alkyl halides is 2. The molecule has 0 saturated carbocycles. The van der Waals surface area contributed by atoms with E-state index in [2.05, 4.69) is 20.8 Å². The molecule has 0 fully saturated rings. The first kappa shape index (κ1) is 17.8. The summed E-state index contributed by atoms with van der Waals surface area (Å²) >= 11 is 0.449. The lowest BCUT2D eigenvalue weighted by Crippen LogP contribution is -2.20. The molecule has 0 atom stereocenters. The molecule has 134 valence electrons. The predicted octanol–water partition coefficient (Wildman–Crippen LogP) is 2.99. The maximum atomic E-state index is 12.3. The number of nitrogens with one attached hydrogen (secondary N) is 1. The van der Waals surface area contributed by atoms with Gasteiger partial charge >= 0.3 is 0 Å². The Balaban J connectivity index is 1.49. The maximum Gasteiger partial charge on any atom is 0.288 e. The highest BCUT2D eigenvalue weighted by atomic mass is 32.2. The molecule has 0 saturated heterocycles. The van der Waals surface area contributed by atoms with Crippen LogP contribution in [0, 0.1) is 0 Å². The molecule has 3 aromatic rings. The minimum Gasteiger partial charge on any atom is -0.484 e. The maximum absolute atomic E-state index is 12.3. The van der Waals surface area contributed by atoms with E-state index in [0.29, 0.717) is 28.1 Å². The Kier molecular flexibility index (Phi) is 5.74. The number of hydrogen-bond acceptors (Lipinski definition) is 6. The largest absolute Gasteiger partial charge is 0.484 e. The van der Waals surface area contributed by atoms with Crippen LogP contribution in [0.1, 0.15) is 0 Å². The standard InChI is InChI=1S/C16H13F2N5O2S/c17-16(18)26-14-7-1-11(2-8-14)20-15(24)9-25-13-5-3-12(4-6-13)23-10-19-21-22-23/h1-8,10,16H,9H2,(H,20,24). The smallest absolute Gasteiger partial charge is 0.288 e. The van der Waals surface area contributed by atoms with E-state index in [1.165, 1.54) is 23.1 Å². The van der Waals surface area contributed by atoms with Crippen LogP contribution in [0.2, 0.25) is 0 Å². The van der Waals surface area contributed by atoms with Crippen LogP contribution in [0.4, 0.5) is 14.5 Å². The van der Waals surface area contributed by atoms with Crippen molar-refractivity contribution in [3.8, 4) is 11.4 Å². The van der Waals surface area contributed by atoms with Crippen LogP contribution in [0.5, 0.6) is 5.75 Å². The number of anilines is 1. The Morgan fingerprint density at radius 1 is 1.15 bits per heavy atom. The number of carbonyl (C=O) groups excluding carboxylic acids is 1. The molecule has 0 spiro atoms. The molecule has 0 unspecified atom stereocenters. The van der Waals surface area contributed by atoms with Gasteiger partial charge in [-0.15, -0.1) is 5.10 Å². The highest BCUT2D eigenvalue weighted by Gasteiger charge is 2.07. The number of rotatable bonds is 7. The summed E-state index contributed by atoms with van der Waals surface area (Å²) in [5.41, 5.74) is 1.26. The third-order valence-electron chi connectivity index (χ3n) is 3.18. The van der Waals surface area contributed by atoms with E-state index in [1.807, 2.05) is 0 Å². The topological polar surface area (TPSA) is 81.9 Å². The number of ether oxygens (including phenoxy) is 1. The minimum absolute atomic E-state index is 0.183. The average Bonchev–Trinajstić information content (AvgIpc) is 3.16. The molecule has 0 aliphatic carbocycles. The first-order valence-corrected chi connectivity index (χ1v) is 8.29. The molecule has 7 nitrogen and oxygen atoms in total. The van der Waals surface area contributed by atoms with Gasteiger partial charge in [-0.1, -0.05) is 11.8 Å². The van der Waals surface area contributed by atoms with E-state index >= 15 is 0 Å². The molecule has 0 aliphatic heterocycles. The van der Waals surface area contributed by atoms with Crippen molar-refractivity contribution in [3.05, 3.63) is 54.9 Å². The van der Waals surface area contributed by atoms with E-state index < -0.39 is 5.76 Å². The van der Waals surface area contributed by atoms with Crippen LogP contribution in [-0.4, -0.2) is 38.5 Å². The molecule has 10 heteroatoms. The fourth-order valence-corrected chi connectivity index (χ4v) is 2.54. The number of tetrazole rings is 1. The number of hydrogen-bond donors (Lipinski definition) is 1. The SMILES string of the molecule is O=C(COc1ccc(-n2cnnn2)cc1)Nc1ccc(SC(F)F)cc1. The molecule has 2 aromatic carbocycles. The van der Waals surface area contributed by atoms with Crippen LogP contribution >= 0.6 is 11.8 Å². The van der Waals surface area contributed by atoms with Crippen molar-refractivity contribution in [2.75, 3.05) is 11.9 Å². The predicted molar refractivity (Wildman–Crippen MR) is 91.6 cm³/mol. The summed E-state index contributed by atoms with van der Waals surface area (Å²) in [7, 11) is 0. The van der Waals surface area contributed by atoms with E-state index in [-0.39, 0.29) is 12.5 Å². The summed E-state index contributed by atoms with van der Waals surface area (Å²) in [5.74, 6) is -2.32. The van der Waals surface area contributed by atoms with Crippen molar-refractivity contribution in [2.45, 2.75) is 10.7 Å². The van der Waals surface area contributed by atoms with E-state index in [9.17, 15) is 13.6 Å². The van der Waals surface area contributed by atoms with Crippen LogP contribution in [0.25, 0.3) is 5.69 Å². The van der Waals surface area contributed by atoms with Gasteiger partial charge in [-0.3, -0.25) is 4.79 Å². The molecule has 1 amide bonds. The van der Waals surface area contributed by atoms with Gasteiger partial charge in [0.05, 0.1) is 5.69 Å². The highest BCUT2D eigenvalue weighted by molar-refractivity contribution is 7.99. The summed E-state index contributed by atoms with van der Waals surface area (Å²) in [6, 6.07) is 13.1. The van der Waals surface area contributed by atoms with Crippen LogP contribution in [0.3, 0.4) is 0 Å². The first-order chi connectivity index (χ1) is 12.6. The van der Waals surface area contributed by atoms with Gasteiger partial charge in [0.2, 0.25) is 0 Å². The fourth-order valence-electron chi connectivity index (χ4n) is 2.04. The fraction of sp³-hybridized carbons (Fsp3) is 0.125. The molecule has 0 aliphatic rings. The van der Waals surface area contributed by atoms with Crippen molar-refractivity contribution in [1.29, 1.82) is 0 Å². The molecule has 26 heavy (non-hydrogen) atoms. The number of thioether (sulfide) groups is 1. The molecule has 1 N–H and O–H groups in total. The Morgan fingerprint density at radius 2 is 1.88 bits per heavy atom. The van der Waals surface area contributed by atoms with Crippen molar-refractivity contribution in [3.63, 3.8) is 0 Å². The second kappa shape index (κ2) is 8.39. The summed E-state index contributed by atoms with van der Waals surface area (Å²) in [6.07, 6.45) is 1.47. The third kappa shape index (κ3) is 4.99. The summed E-state index contributed by atoms with van der Waals surface area (Å²) < 4.78 is 31.4. The molecule has 3 rings (SSSR count). The van der Waals surface area contributed by atoms with Gasteiger partial charge in [-0.25, -0.2) is 4.68 Å². The van der Waals surface area contributed by atoms with Gasteiger partial charge in [0.1, 0.15) is 12.1 Å². The van der Waals surface area contributed by atoms with Crippen molar-refractivity contribution in [1.82, 2.24) is 20.2 Å². The molecule has 1 aromatic heterocycles. The van der Waals surface area contributed by atoms with Crippen LogP contribution in [0.15, 0.2) is 59.8 Å². The number of carbonyl (C=O) groups is 1. The van der Waals surface area contributed by atoms with Gasteiger partial charge in [0, 0.05) is 10.6 Å². The molecular formula is C16H13F2N5O2S. The van der Waals surface area contributed by atoms with Crippen molar-refractivity contribution >= 4 is 23.4 Å². The zero-order valence-electron chi connectivity index (χ0n) is 13.3. The lowest BCUT2D eigenvalue weighted by atomic mass is 10.3. The van der Waals surface area contributed by atoms with E-state index in [4.69, 9.17) is 4.74 Å². The minimum atomic E-state index is -2.48. The van der Waals surface area contributed by atoms with Gasteiger partial charge in [0.15, 0.2) is 6.61 Å².